The van der Waals surface area contributed by atoms with Gasteiger partial charge in [-0.05, 0) is 36.6 Å². The van der Waals surface area contributed by atoms with Gasteiger partial charge in [0.05, 0.1) is 0 Å². The Morgan fingerprint density at radius 3 is 3.06 bits per heavy atom. The minimum absolute atomic E-state index is 0.161. The number of nitrogens with one attached hydrogen (secondary N) is 1. The van der Waals surface area contributed by atoms with Crippen molar-refractivity contribution >= 4 is 17.5 Å². The molecule has 0 aliphatic heterocycles. The fourth-order valence-corrected chi connectivity index (χ4v) is 1.52. The average Bonchev–Trinajstić information content (AvgIpc) is 2.32. The van der Waals surface area contributed by atoms with Crippen LogP contribution in [0.2, 0.25) is 5.02 Å². The molecule has 0 atom stereocenters. The SMILES string of the molecule is Cc1c(Cl)cccc1C(=O)NCCCN=[N+]=[N-]. The van der Waals surface area contributed by atoms with Crippen LogP contribution in [-0.4, -0.2) is 19.0 Å². The summed E-state index contributed by atoms with van der Waals surface area (Å²) in [6, 6.07) is 5.21. The lowest BCUT2D eigenvalue weighted by Crippen LogP contribution is -2.25. The minimum Gasteiger partial charge on any atom is -0.352 e. The summed E-state index contributed by atoms with van der Waals surface area (Å²) in [5.41, 5.74) is 9.41. The Kier molecular flexibility index (Phi) is 5.33. The van der Waals surface area contributed by atoms with E-state index in [-0.39, 0.29) is 5.91 Å². The van der Waals surface area contributed by atoms with Crippen LogP contribution in [0.5, 0.6) is 0 Å². The molecule has 0 unspecified atom stereocenters. The molecule has 0 fully saturated rings. The summed E-state index contributed by atoms with van der Waals surface area (Å²) in [5, 5.41) is 6.70. The van der Waals surface area contributed by atoms with Gasteiger partial charge in [0.1, 0.15) is 0 Å². The number of azide groups is 1. The van der Waals surface area contributed by atoms with E-state index in [0.29, 0.717) is 30.1 Å². The highest BCUT2D eigenvalue weighted by Gasteiger charge is 2.09. The predicted octanol–water partition coefficient (Wildman–Crippen LogP) is 3.08. The smallest absolute Gasteiger partial charge is 0.251 e. The highest BCUT2D eigenvalue weighted by atomic mass is 35.5. The molecule has 17 heavy (non-hydrogen) atoms. The number of rotatable bonds is 5. The average molecular weight is 253 g/mol. The van der Waals surface area contributed by atoms with Crippen LogP contribution in [0.4, 0.5) is 0 Å². The highest BCUT2D eigenvalue weighted by Crippen LogP contribution is 2.18. The van der Waals surface area contributed by atoms with Crippen molar-refractivity contribution < 1.29 is 4.79 Å². The molecule has 1 amide bonds. The molecule has 1 N–H and O–H groups in total. The zero-order valence-electron chi connectivity index (χ0n) is 9.48. The zero-order valence-corrected chi connectivity index (χ0v) is 10.2. The summed E-state index contributed by atoms with van der Waals surface area (Å²) >= 11 is 5.93. The Bertz CT molecular complexity index is 455. The van der Waals surface area contributed by atoms with E-state index < -0.39 is 0 Å². The maximum Gasteiger partial charge on any atom is 0.251 e. The molecule has 1 aromatic rings. The Labute approximate surface area is 104 Å². The minimum atomic E-state index is -0.161. The number of amides is 1. The van der Waals surface area contributed by atoms with Crippen LogP contribution in [0, 0.1) is 6.92 Å². The molecule has 1 aromatic carbocycles. The Balaban J connectivity index is 2.52. The van der Waals surface area contributed by atoms with E-state index >= 15 is 0 Å². The van der Waals surface area contributed by atoms with E-state index in [1.807, 2.05) is 0 Å². The summed E-state index contributed by atoms with van der Waals surface area (Å²) < 4.78 is 0. The number of hydrogen-bond acceptors (Lipinski definition) is 2. The Morgan fingerprint density at radius 2 is 2.35 bits per heavy atom. The van der Waals surface area contributed by atoms with Crippen LogP contribution in [-0.2, 0) is 0 Å². The summed E-state index contributed by atoms with van der Waals surface area (Å²) in [4.78, 5) is 14.4. The molecule has 5 nitrogen and oxygen atoms in total. The third kappa shape index (κ3) is 3.98. The molecule has 0 saturated carbocycles. The van der Waals surface area contributed by atoms with Gasteiger partial charge in [-0.15, -0.1) is 0 Å². The van der Waals surface area contributed by atoms with Gasteiger partial charge < -0.3 is 5.32 Å². The fraction of sp³-hybridized carbons (Fsp3) is 0.364. The van der Waals surface area contributed by atoms with Gasteiger partial charge in [-0.25, -0.2) is 0 Å². The van der Waals surface area contributed by atoms with E-state index in [0.717, 1.165) is 5.56 Å². The first-order valence-electron chi connectivity index (χ1n) is 5.21. The molecule has 90 valence electrons. The first-order valence-corrected chi connectivity index (χ1v) is 5.58. The lowest BCUT2D eigenvalue weighted by molar-refractivity contribution is 0.0953. The Hall–Kier alpha value is -1.71. The van der Waals surface area contributed by atoms with Crippen molar-refractivity contribution in [2.24, 2.45) is 5.11 Å². The molecule has 0 spiro atoms. The maximum atomic E-state index is 11.8. The summed E-state index contributed by atoms with van der Waals surface area (Å²) in [7, 11) is 0. The van der Waals surface area contributed by atoms with Gasteiger partial charge in [0.15, 0.2) is 0 Å². The lowest BCUT2D eigenvalue weighted by atomic mass is 10.1. The summed E-state index contributed by atoms with van der Waals surface area (Å²) in [6.45, 7) is 2.66. The largest absolute Gasteiger partial charge is 0.352 e. The molecule has 0 radical (unpaired) electrons. The standard InChI is InChI=1S/C11H13ClN4O/c1-8-9(4-2-5-10(8)12)11(17)14-6-3-7-15-16-13/h2,4-5H,3,6-7H2,1H3,(H,14,17). The first-order chi connectivity index (χ1) is 8.16. The van der Waals surface area contributed by atoms with E-state index in [1.54, 1.807) is 25.1 Å². The third-order valence-corrected chi connectivity index (χ3v) is 2.71. The van der Waals surface area contributed by atoms with Crippen molar-refractivity contribution in [1.29, 1.82) is 0 Å². The molecule has 0 saturated heterocycles. The zero-order chi connectivity index (χ0) is 12.7. The monoisotopic (exact) mass is 252 g/mol. The number of nitrogens with zero attached hydrogens (tertiary/aromatic N) is 3. The van der Waals surface area contributed by atoms with Crippen molar-refractivity contribution in [2.75, 3.05) is 13.1 Å². The van der Waals surface area contributed by atoms with E-state index in [9.17, 15) is 4.79 Å². The number of benzene rings is 1. The Morgan fingerprint density at radius 1 is 1.59 bits per heavy atom. The molecule has 6 heteroatoms. The van der Waals surface area contributed by atoms with Gasteiger partial charge >= 0.3 is 0 Å². The van der Waals surface area contributed by atoms with Crippen LogP contribution in [0.15, 0.2) is 23.3 Å². The second-order valence-corrected chi connectivity index (χ2v) is 3.88. The second-order valence-electron chi connectivity index (χ2n) is 3.48. The molecule has 0 aromatic heterocycles. The lowest BCUT2D eigenvalue weighted by Gasteiger charge is -2.07. The van der Waals surface area contributed by atoms with Crippen molar-refractivity contribution in [3.8, 4) is 0 Å². The number of hydrogen-bond donors (Lipinski definition) is 1. The number of halogens is 1. The molecule has 0 aliphatic rings. The van der Waals surface area contributed by atoms with Crippen LogP contribution in [0.25, 0.3) is 10.4 Å². The summed E-state index contributed by atoms with van der Waals surface area (Å²) in [5.74, 6) is -0.161. The molecule has 0 aliphatic carbocycles. The number of carbonyl (C=O) groups is 1. The highest BCUT2D eigenvalue weighted by molar-refractivity contribution is 6.31. The van der Waals surface area contributed by atoms with Crippen LogP contribution in [0.1, 0.15) is 22.3 Å². The van der Waals surface area contributed by atoms with Gasteiger partial charge in [0.25, 0.3) is 5.91 Å². The van der Waals surface area contributed by atoms with Gasteiger partial charge in [-0.3, -0.25) is 4.79 Å². The van der Waals surface area contributed by atoms with Crippen LogP contribution in [0.3, 0.4) is 0 Å². The molecule has 0 bridgehead atoms. The van der Waals surface area contributed by atoms with E-state index in [4.69, 9.17) is 17.1 Å². The molecular weight excluding hydrogens is 240 g/mol. The second kappa shape index (κ2) is 6.78. The van der Waals surface area contributed by atoms with Gasteiger partial charge in [0.2, 0.25) is 0 Å². The first kappa shape index (κ1) is 13.4. The third-order valence-electron chi connectivity index (χ3n) is 2.30. The van der Waals surface area contributed by atoms with Crippen LogP contribution < -0.4 is 5.32 Å². The van der Waals surface area contributed by atoms with E-state index in [1.165, 1.54) is 0 Å². The number of carbonyl (C=O) groups excluding carboxylic acids is 1. The quantitative estimate of drug-likeness (QED) is 0.372. The van der Waals surface area contributed by atoms with Gasteiger partial charge in [-0.1, -0.05) is 22.8 Å². The van der Waals surface area contributed by atoms with Crippen molar-refractivity contribution in [2.45, 2.75) is 13.3 Å². The van der Waals surface area contributed by atoms with Gasteiger partial charge in [-0.2, -0.15) is 0 Å². The van der Waals surface area contributed by atoms with Crippen molar-refractivity contribution in [3.05, 3.63) is 44.8 Å². The van der Waals surface area contributed by atoms with Crippen molar-refractivity contribution in [3.63, 3.8) is 0 Å². The van der Waals surface area contributed by atoms with Gasteiger partial charge in [0, 0.05) is 28.6 Å². The van der Waals surface area contributed by atoms with E-state index in [2.05, 4.69) is 15.3 Å². The normalized spacial score (nSPS) is 9.53. The fourth-order valence-electron chi connectivity index (χ4n) is 1.35. The summed E-state index contributed by atoms with van der Waals surface area (Å²) in [6.07, 6.45) is 0.620. The maximum absolute atomic E-state index is 11.8. The predicted molar refractivity (Wildman–Crippen MR) is 67.2 cm³/mol. The molecule has 0 heterocycles. The van der Waals surface area contributed by atoms with Crippen LogP contribution >= 0.6 is 11.6 Å². The topological polar surface area (TPSA) is 77.9 Å². The molecule has 1 rings (SSSR count). The molecular formula is C11H13ClN4O. The van der Waals surface area contributed by atoms with Crippen molar-refractivity contribution in [1.82, 2.24) is 5.32 Å².